The van der Waals surface area contributed by atoms with Gasteiger partial charge in [0.25, 0.3) is 0 Å². The van der Waals surface area contributed by atoms with Gasteiger partial charge in [0, 0.05) is 5.02 Å². The molecule has 1 aromatic rings. The summed E-state index contributed by atoms with van der Waals surface area (Å²) in [4.78, 5) is 20.9. The molecule has 0 aliphatic rings. The number of esters is 1. The Morgan fingerprint density at radius 1 is 1.38 bits per heavy atom. The first-order valence-electron chi connectivity index (χ1n) is 3.25. The topological polar surface area (TPSA) is 43.4 Å². The number of halogens is 2. The van der Waals surface area contributed by atoms with E-state index in [1.807, 2.05) is 0 Å². The molecule has 3 nitrogen and oxygen atoms in total. The van der Waals surface area contributed by atoms with Crippen LogP contribution < -0.4 is 0 Å². The van der Waals surface area contributed by atoms with Crippen LogP contribution in [0.1, 0.15) is 10.4 Å². The van der Waals surface area contributed by atoms with Gasteiger partial charge in [-0.3, -0.25) is 4.79 Å². The molecular formula is C8H4Cl2O3. The molecule has 0 bridgehead atoms. The van der Waals surface area contributed by atoms with E-state index < -0.39 is 5.97 Å². The van der Waals surface area contributed by atoms with Crippen molar-refractivity contribution in [2.45, 2.75) is 0 Å². The highest BCUT2D eigenvalue weighted by Crippen LogP contribution is 2.21. The summed E-state index contributed by atoms with van der Waals surface area (Å²) in [5.74, 6) is -0.795. The number of benzene rings is 1. The number of carbonyl (C=O) groups excluding carboxylic acids is 2. The minimum atomic E-state index is -0.795. The molecule has 5 heteroatoms. The second-order valence-electron chi connectivity index (χ2n) is 2.13. The molecule has 0 aliphatic carbocycles. The van der Waals surface area contributed by atoms with Crippen molar-refractivity contribution in [3.8, 4) is 0 Å². The van der Waals surface area contributed by atoms with Crippen molar-refractivity contribution in [3.63, 3.8) is 0 Å². The van der Waals surface area contributed by atoms with Crippen LogP contribution >= 0.6 is 23.2 Å². The summed E-state index contributed by atoms with van der Waals surface area (Å²) in [5.41, 5.74) is 0.109. The third-order valence-electron chi connectivity index (χ3n) is 1.31. The molecule has 68 valence electrons. The van der Waals surface area contributed by atoms with Gasteiger partial charge in [0.2, 0.25) is 0 Å². The second-order valence-corrected chi connectivity index (χ2v) is 2.97. The number of rotatable bonds is 2. The lowest BCUT2D eigenvalue weighted by atomic mass is 10.2. The maximum Gasteiger partial charge on any atom is 0.347 e. The maximum absolute atomic E-state index is 11.0. The minimum absolute atomic E-state index is 0.0489. The summed E-state index contributed by atoms with van der Waals surface area (Å²) < 4.78 is 4.10. The largest absolute Gasteiger partial charge is 0.392 e. The highest BCUT2D eigenvalue weighted by Gasteiger charge is 2.11. The molecule has 0 heterocycles. The van der Waals surface area contributed by atoms with Crippen molar-refractivity contribution in [2.75, 3.05) is 0 Å². The minimum Gasteiger partial charge on any atom is -0.392 e. The van der Waals surface area contributed by atoms with Gasteiger partial charge in [-0.2, -0.15) is 0 Å². The molecule has 0 saturated heterocycles. The quantitative estimate of drug-likeness (QED) is 0.435. The molecule has 0 aromatic heterocycles. The summed E-state index contributed by atoms with van der Waals surface area (Å²) in [7, 11) is 0. The Hall–Kier alpha value is -1.06. The van der Waals surface area contributed by atoms with Gasteiger partial charge in [0.15, 0.2) is 0 Å². The zero-order valence-corrected chi connectivity index (χ0v) is 7.80. The van der Waals surface area contributed by atoms with Crippen LogP contribution in [-0.2, 0) is 9.53 Å². The summed E-state index contributed by atoms with van der Waals surface area (Å²) in [6, 6.07) is 4.26. The Morgan fingerprint density at radius 2 is 2.08 bits per heavy atom. The van der Waals surface area contributed by atoms with E-state index in [0.29, 0.717) is 5.02 Å². The van der Waals surface area contributed by atoms with Crippen LogP contribution in [0.5, 0.6) is 0 Å². The fourth-order valence-electron chi connectivity index (χ4n) is 0.762. The highest BCUT2D eigenvalue weighted by atomic mass is 35.5. The zero-order chi connectivity index (χ0) is 9.84. The van der Waals surface area contributed by atoms with E-state index in [1.54, 1.807) is 0 Å². The molecule has 1 aromatic carbocycles. The van der Waals surface area contributed by atoms with Crippen LogP contribution in [0, 0.1) is 0 Å². The zero-order valence-electron chi connectivity index (χ0n) is 6.29. The third kappa shape index (κ3) is 2.44. The van der Waals surface area contributed by atoms with E-state index in [2.05, 4.69) is 4.74 Å². The first-order valence-corrected chi connectivity index (χ1v) is 4.00. The number of carbonyl (C=O) groups is 2. The molecule has 0 N–H and O–H groups in total. The fourth-order valence-corrected chi connectivity index (χ4v) is 1.25. The molecule has 0 spiro atoms. The lowest BCUT2D eigenvalue weighted by Crippen LogP contribution is -2.03. The van der Waals surface area contributed by atoms with Gasteiger partial charge >= 0.3 is 12.4 Å². The van der Waals surface area contributed by atoms with E-state index in [9.17, 15) is 9.59 Å². The van der Waals surface area contributed by atoms with Crippen LogP contribution in [-0.4, -0.2) is 12.4 Å². The molecule has 0 radical (unpaired) electrons. The summed E-state index contributed by atoms with van der Waals surface area (Å²) in [6.07, 6.45) is 0. The van der Waals surface area contributed by atoms with Gasteiger partial charge in [-0.05, 0) is 18.2 Å². The SMILES string of the molecule is O=COC(=O)c1ccc(Cl)cc1Cl. The lowest BCUT2D eigenvalue weighted by molar-refractivity contribution is -0.123. The summed E-state index contributed by atoms with van der Waals surface area (Å²) >= 11 is 11.3. The molecule has 0 unspecified atom stereocenters. The van der Waals surface area contributed by atoms with Crippen molar-refractivity contribution in [3.05, 3.63) is 33.8 Å². The van der Waals surface area contributed by atoms with Gasteiger partial charge in [-0.1, -0.05) is 23.2 Å². The lowest BCUT2D eigenvalue weighted by Gasteiger charge is -2.00. The van der Waals surface area contributed by atoms with Gasteiger partial charge in [-0.15, -0.1) is 0 Å². The van der Waals surface area contributed by atoms with Gasteiger partial charge in [0.05, 0.1) is 10.6 Å². The van der Waals surface area contributed by atoms with Crippen molar-refractivity contribution < 1.29 is 14.3 Å². The Labute approximate surface area is 84.2 Å². The van der Waals surface area contributed by atoms with Crippen LogP contribution in [0.4, 0.5) is 0 Å². The van der Waals surface area contributed by atoms with E-state index in [0.717, 1.165) is 0 Å². The maximum atomic E-state index is 11.0. The molecule has 0 saturated carbocycles. The number of hydrogen-bond donors (Lipinski definition) is 0. The highest BCUT2D eigenvalue weighted by molar-refractivity contribution is 6.36. The summed E-state index contributed by atoms with van der Waals surface area (Å²) in [5, 5.41) is 0.562. The van der Waals surface area contributed by atoms with Crippen LogP contribution in [0.3, 0.4) is 0 Å². The monoisotopic (exact) mass is 218 g/mol. The van der Waals surface area contributed by atoms with Crippen LogP contribution in [0.2, 0.25) is 10.0 Å². The van der Waals surface area contributed by atoms with Crippen molar-refractivity contribution in [1.29, 1.82) is 0 Å². The fraction of sp³-hybridized carbons (Fsp3) is 0. The Kier molecular flexibility index (Phi) is 3.28. The predicted molar refractivity (Wildman–Crippen MR) is 47.9 cm³/mol. The Balaban J connectivity index is 3.01. The van der Waals surface area contributed by atoms with Crippen molar-refractivity contribution in [2.24, 2.45) is 0 Å². The Bertz CT molecular complexity index is 349. The van der Waals surface area contributed by atoms with E-state index in [4.69, 9.17) is 23.2 Å². The standard InChI is InChI=1S/C8H4Cl2O3/c9-5-1-2-6(7(10)3-5)8(12)13-4-11/h1-4H. The number of ether oxygens (including phenoxy) is 1. The number of hydrogen-bond acceptors (Lipinski definition) is 3. The van der Waals surface area contributed by atoms with E-state index >= 15 is 0 Å². The molecule has 13 heavy (non-hydrogen) atoms. The van der Waals surface area contributed by atoms with E-state index in [1.165, 1.54) is 18.2 Å². The van der Waals surface area contributed by atoms with E-state index in [-0.39, 0.29) is 17.1 Å². The first kappa shape index (κ1) is 10.0. The molecule has 1 rings (SSSR count). The van der Waals surface area contributed by atoms with Gasteiger partial charge in [0.1, 0.15) is 0 Å². The predicted octanol–water partition coefficient (Wildman–Crippen LogP) is 2.31. The second kappa shape index (κ2) is 4.25. The van der Waals surface area contributed by atoms with Crippen molar-refractivity contribution >= 4 is 35.6 Å². The summed E-state index contributed by atoms with van der Waals surface area (Å²) in [6.45, 7) is 0.0489. The first-order chi connectivity index (χ1) is 6.15. The van der Waals surface area contributed by atoms with Crippen molar-refractivity contribution in [1.82, 2.24) is 0 Å². The van der Waals surface area contributed by atoms with Gasteiger partial charge < -0.3 is 4.74 Å². The third-order valence-corrected chi connectivity index (χ3v) is 1.85. The molecular weight excluding hydrogens is 215 g/mol. The smallest absolute Gasteiger partial charge is 0.347 e. The Morgan fingerprint density at radius 3 is 2.62 bits per heavy atom. The van der Waals surface area contributed by atoms with Crippen LogP contribution in [0.25, 0.3) is 0 Å². The molecule has 0 aliphatic heterocycles. The molecule has 0 amide bonds. The average molecular weight is 219 g/mol. The average Bonchev–Trinajstić information content (AvgIpc) is 2.04. The molecule has 0 fully saturated rings. The normalized spacial score (nSPS) is 9.38. The van der Waals surface area contributed by atoms with Crippen LogP contribution in [0.15, 0.2) is 18.2 Å². The van der Waals surface area contributed by atoms with Gasteiger partial charge in [-0.25, -0.2) is 4.79 Å². The molecule has 0 atom stereocenters.